The smallest absolute Gasteiger partial charge is 0.264 e. The monoisotopic (exact) mass is 302 g/mol. The third-order valence-electron chi connectivity index (χ3n) is 2.46. The molecule has 0 spiro atoms. The fourth-order valence-corrected chi connectivity index (χ4v) is 2.64. The van der Waals surface area contributed by atoms with Crippen LogP contribution in [-0.2, 0) is 10.0 Å². The first-order valence-corrected chi connectivity index (χ1v) is 6.81. The normalized spacial score (nSPS) is 11.3. The second-order valence-corrected chi connectivity index (χ2v) is 5.54. The number of hydrogen-bond donors (Lipinski definition) is 2. The summed E-state index contributed by atoms with van der Waals surface area (Å²) in [5.74, 6) is -3.16. The summed E-state index contributed by atoms with van der Waals surface area (Å²) in [6.45, 7) is 0. The van der Waals surface area contributed by atoms with Crippen molar-refractivity contribution in [2.24, 2.45) is 0 Å². The maximum atomic E-state index is 13.5. The van der Waals surface area contributed by atoms with Crippen molar-refractivity contribution in [3.8, 4) is 0 Å². The van der Waals surface area contributed by atoms with Crippen molar-refractivity contribution in [1.82, 2.24) is 0 Å². The van der Waals surface area contributed by atoms with Gasteiger partial charge in [0.15, 0.2) is 0 Å². The maximum absolute atomic E-state index is 13.5. The Labute approximate surface area is 113 Å². The number of nitrogens with one attached hydrogen (secondary N) is 1. The van der Waals surface area contributed by atoms with Gasteiger partial charge < -0.3 is 5.73 Å². The van der Waals surface area contributed by atoms with Crippen LogP contribution < -0.4 is 10.5 Å². The number of anilines is 2. The van der Waals surface area contributed by atoms with Crippen LogP contribution in [0.3, 0.4) is 0 Å². The molecular formula is C12H9F3N2O2S. The Bertz CT molecular complexity index is 763. The van der Waals surface area contributed by atoms with Crippen LogP contribution >= 0.6 is 0 Å². The van der Waals surface area contributed by atoms with Crippen molar-refractivity contribution >= 4 is 21.4 Å². The highest BCUT2D eigenvalue weighted by atomic mass is 32.2. The molecule has 0 aromatic heterocycles. The van der Waals surface area contributed by atoms with E-state index in [1.165, 1.54) is 12.1 Å². The first-order valence-electron chi connectivity index (χ1n) is 5.33. The van der Waals surface area contributed by atoms with E-state index < -0.39 is 43.7 Å². The Morgan fingerprint density at radius 2 is 1.60 bits per heavy atom. The van der Waals surface area contributed by atoms with E-state index in [0.29, 0.717) is 6.07 Å². The number of rotatable bonds is 3. The minimum Gasteiger partial charge on any atom is -0.396 e. The molecule has 0 amide bonds. The predicted octanol–water partition coefficient (Wildman–Crippen LogP) is 2.49. The third-order valence-corrected chi connectivity index (χ3v) is 3.86. The highest BCUT2D eigenvalue weighted by Crippen LogP contribution is 2.24. The molecule has 3 N–H and O–H groups in total. The van der Waals surface area contributed by atoms with Crippen LogP contribution in [0.2, 0.25) is 0 Å². The van der Waals surface area contributed by atoms with E-state index in [2.05, 4.69) is 0 Å². The summed E-state index contributed by atoms with van der Waals surface area (Å²) in [6.07, 6.45) is 0. The van der Waals surface area contributed by atoms with Crippen LogP contribution in [0, 0.1) is 17.5 Å². The SMILES string of the molecule is Nc1cc(NS(=O)(=O)c2ccccc2F)c(F)cc1F. The van der Waals surface area contributed by atoms with E-state index >= 15 is 0 Å². The largest absolute Gasteiger partial charge is 0.396 e. The van der Waals surface area contributed by atoms with Gasteiger partial charge in [0.2, 0.25) is 0 Å². The molecule has 2 aromatic carbocycles. The van der Waals surface area contributed by atoms with Crippen LogP contribution in [0.15, 0.2) is 41.3 Å². The Kier molecular flexibility index (Phi) is 3.58. The van der Waals surface area contributed by atoms with Crippen LogP contribution in [0.4, 0.5) is 24.5 Å². The van der Waals surface area contributed by atoms with Gasteiger partial charge in [0.25, 0.3) is 10.0 Å². The molecule has 8 heteroatoms. The second-order valence-electron chi connectivity index (χ2n) is 3.89. The van der Waals surface area contributed by atoms with Gasteiger partial charge in [-0.15, -0.1) is 0 Å². The van der Waals surface area contributed by atoms with E-state index in [0.717, 1.165) is 18.2 Å². The zero-order chi connectivity index (χ0) is 14.9. The van der Waals surface area contributed by atoms with Crippen LogP contribution in [0.5, 0.6) is 0 Å². The molecule has 2 rings (SSSR count). The lowest BCUT2D eigenvalue weighted by atomic mass is 10.2. The molecule has 0 saturated heterocycles. The van der Waals surface area contributed by atoms with E-state index in [1.807, 2.05) is 4.72 Å². The Morgan fingerprint density at radius 1 is 0.950 bits per heavy atom. The van der Waals surface area contributed by atoms with Gasteiger partial charge in [0.1, 0.15) is 22.3 Å². The molecule has 0 saturated carbocycles. The molecule has 0 bridgehead atoms. The van der Waals surface area contributed by atoms with Gasteiger partial charge in [-0.05, 0) is 18.2 Å². The minimum absolute atomic E-state index is 0.433. The Hall–Kier alpha value is -2.22. The molecule has 2 aromatic rings. The van der Waals surface area contributed by atoms with Crippen molar-refractivity contribution in [1.29, 1.82) is 0 Å². The lowest BCUT2D eigenvalue weighted by molar-refractivity contribution is 0.568. The lowest BCUT2D eigenvalue weighted by Gasteiger charge is -2.10. The molecule has 0 aliphatic heterocycles. The van der Waals surface area contributed by atoms with Crippen molar-refractivity contribution in [2.75, 3.05) is 10.5 Å². The molecule has 0 aliphatic carbocycles. The van der Waals surface area contributed by atoms with Gasteiger partial charge in [-0.2, -0.15) is 0 Å². The highest BCUT2D eigenvalue weighted by Gasteiger charge is 2.20. The molecule has 4 nitrogen and oxygen atoms in total. The summed E-state index contributed by atoms with van der Waals surface area (Å²) in [4.78, 5) is -0.651. The third kappa shape index (κ3) is 2.69. The Balaban J connectivity index is 2.44. The van der Waals surface area contributed by atoms with E-state index in [9.17, 15) is 21.6 Å². The summed E-state index contributed by atoms with van der Waals surface area (Å²) in [6, 6.07) is 5.81. The molecule has 20 heavy (non-hydrogen) atoms. The average Bonchev–Trinajstić information content (AvgIpc) is 2.36. The molecule has 0 atom stereocenters. The van der Waals surface area contributed by atoms with Crippen LogP contribution in [0.1, 0.15) is 0 Å². The van der Waals surface area contributed by atoms with Crippen molar-refractivity contribution in [2.45, 2.75) is 4.90 Å². The van der Waals surface area contributed by atoms with E-state index in [-0.39, 0.29) is 0 Å². The van der Waals surface area contributed by atoms with Crippen LogP contribution in [0.25, 0.3) is 0 Å². The molecule has 0 unspecified atom stereocenters. The summed E-state index contributed by atoms with van der Waals surface area (Å²) in [5, 5.41) is 0. The van der Waals surface area contributed by atoms with Gasteiger partial charge in [0, 0.05) is 6.07 Å². The number of hydrogen-bond acceptors (Lipinski definition) is 3. The lowest BCUT2D eigenvalue weighted by Crippen LogP contribution is -2.16. The second kappa shape index (κ2) is 5.04. The Morgan fingerprint density at radius 3 is 2.25 bits per heavy atom. The van der Waals surface area contributed by atoms with Crippen molar-refractivity contribution < 1.29 is 21.6 Å². The molecule has 0 fully saturated rings. The van der Waals surface area contributed by atoms with Crippen molar-refractivity contribution in [3.63, 3.8) is 0 Å². The molecule has 0 aliphatic rings. The molecular weight excluding hydrogens is 293 g/mol. The fourth-order valence-electron chi connectivity index (χ4n) is 1.51. The molecule has 0 radical (unpaired) electrons. The number of benzene rings is 2. The number of nitrogens with two attached hydrogens (primary N) is 1. The number of halogens is 3. The van der Waals surface area contributed by atoms with Gasteiger partial charge >= 0.3 is 0 Å². The minimum atomic E-state index is -4.34. The summed E-state index contributed by atoms with van der Waals surface area (Å²) in [5.41, 5.74) is 4.23. The standard InChI is InChI=1S/C12H9F3N2O2S/c13-7-3-1-2-4-12(7)20(18,19)17-11-6-10(16)8(14)5-9(11)15/h1-6,17H,16H2. The molecule has 0 heterocycles. The van der Waals surface area contributed by atoms with Crippen molar-refractivity contribution in [3.05, 3.63) is 53.8 Å². The quantitative estimate of drug-likeness (QED) is 0.856. The van der Waals surface area contributed by atoms with E-state index in [4.69, 9.17) is 5.73 Å². The fraction of sp³-hybridized carbons (Fsp3) is 0. The first-order chi connectivity index (χ1) is 9.31. The zero-order valence-electron chi connectivity index (χ0n) is 9.90. The summed E-state index contributed by atoms with van der Waals surface area (Å²) in [7, 11) is -4.34. The van der Waals surface area contributed by atoms with Gasteiger partial charge in [-0.25, -0.2) is 21.6 Å². The maximum Gasteiger partial charge on any atom is 0.264 e. The highest BCUT2D eigenvalue weighted by molar-refractivity contribution is 7.92. The van der Waals surface area contributed by atoms with Gasteiger partial charge in [0.05, 0.1) is 11.4 Å². The number of sulfonamides is 1. The summed E-state index contributed by atoms with van der Waals surface area (Å²) >= 11 is 0. The van der Waals surface area contributed by atoms with Gasteiger partial charge in [-0.3, -0.25) is 4.72 Å². The first kappa shape index (κ1) is 14.2. The van der Waals surface area contributed by atoms with Gasteiger partial charge in [-0.1, -0.05) is 12.1 Å². The summed E-state index contributed by atoms with van der Waals surface area (Å²) < 4.78 is 65.5. The topological polar surface area (TPSA) is 72.2 Å². The molecule has 106 valence electrons. The predicted molar refractivity (Wildman–Crippen MR) is 68.0 cm³/mol. The zero-order valence-corrected chi connectivity index (χ0v) is 10.7. The average molecular weight is 302 g/mol. The number of nitrogen functional groups attached to an aromatic ring is 1. The van der Waals surface area contributed by atoms with E-state index in [1.54, 1.807) is 0 Å². The van der Waals surface area contributed by atoms with Crippen LogP contribution in [-0.4, -0.2) is 8.42 Å².